The lowest BCUT2D eigenvalue weighted by molar-refractivity contribution is -0.122. The molecule has 0 fully saturated rings. The number of ether oxygens (including phenoxy) is 1. The standard InChI is InChI=1S/C17H17ClN2O4/c1-10-12-8-11(18)4-5-14(12)24-16(10)15(21)13(9-19)17(22)20-6-3-7-23-2/h4-5,8,13H,3,6-7H2,1-2H3,(H,20,22)/t13-/m1/s1. The van der Waals surface area contributed by atoms with Crippen LogP contribution >= 0.6 is 11.6 Å². The third-order valence-corrected chi connectivity index (χ3v) is 3.84. The Morgan fingerprint density at radius 3 is 2.88 bits per heavy atom. The van der Waals surface area contributed by atoms with Gasteiger partial charge in [-0.15, -0.1) is 0 Å². The van der Waals surface area contributed by atoms with E-state index in [0.29, 0.717) is 41.1 Å². The van der Waals surface area contributed by atoms with Gasteiger partial charge in [0.15, 0.2) is 11.7 Å². The van der Waals surface area contributed by atoms with Gasteiger partial charge in [-0.2, -0.15) is 5.26 Å². The highest BCUT2D eigenvalue weighted by Gasteiger charge is 2.31. The SMILES string of the molecule is COCCCNC(=O)[C@H](C#N)C(=O)c1oc2ccc(Cl)cc2c1C. The minimum Gasteiger partial charge on any atom is -0.453 e. The van der Waals surface area contributed by atoms with E-state index in [4.69, 9.17) is 20.8 Å². The fraction of sp³-hybridized carbons (Fsp3) is 0.353. The molecule has 0 aliphatic rings. The maximum atomic E-state index is 12.5. The molecule has 1 amide bonds. The number of nitrogens with zero attached hydrogens (tertiary/aromatic N) is 1. The highest BCUT2D eigenvalue weighted by molar-refractivity contribution is 6.31. The number of benzene rings is 1. The van der Waals surface area contributed by atoms with Gasteiger partial charge in [-0.25, -0.2) is 0 Å². The fourth-order valence-electron chi connectivity index (χ4n) is 2.33. The summed E-state index contributed by atoms with van der Waals surface area (Å²) in [7, 11) is 1.56. The number of nitriles is 1. The molecule has 1 aromatic carbocycles. The third kappa shape index (κ3) is 3.75. The van der Waals surface area contributed by atoms with Gasteiger partial charge in [-0.3, -0.25) is 9.59 Å². The molecule has 0 saturated heterocycles. The molecular weight excluding hydrogens is 332 g/mol. The summed E-state index contributed by atoms with van der Waals surface area (Å²) in [6.45, 7) is 2.50. The van der Waals surface area contributed by atoms with Crippen LogP contribution in [0.1, 0.15) is 22.5 Å². The van der Waals surface area contributed by atoms with Crippen molar-refractivity contribution < 1.29 is 18.7 Å². The summed E-state index contributed by atoms with van der Waals surface area (Å²) in [5.41, 5.74) is 1.04. The van der Waals surface area contributed by atoms with Crippen LogP contribution in [0.25, 0.3) is 11.0 Å². The van der Waals surface area contributed by atoms with E-state index in [1.54, 1.807) is 38.3 Å². The van der Waals surface area contributed by atoms with Crippen LogP contribution in [0.4, 0.5) is 0 Å². The van der Waals surface area contributed by atoms with E-state index in [-0.39, 0.29) is 5.76 Å². The van der Waals surface area contributed by atoms with Gasteiger partial charge in [-0.1, -0.05) is 11.6 Å². The van der Waals surface area contributed by atoms with Crippen molar-refractivity contribution in [1.29, 1.82) is 5.26 Å². The zero-order valence-electron chi connectivity index (χ0n) is 13.4. The van der Waals surface area contributed by atoms with Gasteiger partial charge >= 0.3 is 0 Å². The summed E-state index contributed by atoms with van der Waals surface area (Å²) in [4.78, 5) is 24.6. The van der Waals surface area contributed by atoms with Crippen LogP contribution in [0, 0.1) is 24.2 Å². The molecule has 0 aliphatic heterocycles. The Balaban J connectivity index is 2.21. The first-order chi connectivity index (χ1) is 11.5. The van der Waals surface area contributed by atoms with Crippen molar-refractivity contribution >= 4 is 34.3 Å². The number of amides is 1. The number of nitrogens with one attached hydrogen (secondary N) is 1. The first-order valence-electron chi connectivity index (χ1n) is 7.38. The highest BCUT2D eigenvalue weighted by atomic mass is 35.5. The van der Waals surface area contributed by atoms with Gasteiger partial charge in [0, 0.05) is 36.2 Å². The number of Topliss-reactive ketones (excluding diaryl/α,β-unsaturated/α-hetero) is 1. The highest BCUT2D eigenvalue weighted by Crippen LogP contribution is 2.29. The minimum absolute atomic E-state index is 0.00542. The average molecular weight is 349 g/mol. The molecule has 2 rings (SSSR count). The summed E-state index contributed by atoms with van der Waals surface area (Å²) in [6, 6.07) is 6.71. The Bertz CT molecular complexity index is 807. The largest absolute Gasteiger partial charge is 0.453 e. The van der Waals surface area contributed by atoms with Crippen LogP contribution in [-0.4, -0.2) is 32.0 Å². The number of methoxy groups -OCH3 is 1. The summed E-state index contributed by atoms with van der Waals surface area (Å²) < 4.78 is 10.4. The number of hydrogen-bond donors (Lipinski definition) is 1. The van der Waals surface area contributed by atoms with Crippen molar-refractivity contribution in [2.75, 3.05) is 20.3 Å². The summed E-state index contributed by atoms with van der Waals surface area (Å²) in [6.07, 6.45) is 0.594. The Morgan fingerprint density at radius 1 is 1.46 bits per heavy atom. The molecular formula is C17H17ClN2O4. The van der Waals surface area contributed by atoms with E-state index in [1.165, 1.54) is 0 Å². The quantitative estimate of drug-likeness (QED) is 0.472. The van der Waals surface area contributed by atoms with Crippen molar-refractivity contribution in [3.8, 4) is 6.07 Å². The molecule has 0 spiro atoms. The normalized spacial score (nSPS) is 11.9. The number of hydrogen-bond acceptors (Lipinski definition) is 5. The zero-order chi connectivity index (χ0) is 17.7. The predicted molar refractivity (Wildman–Crippen MR) is 88.9 cm³/mol. The van der Waals surface area contributed by atoms with Gasteiger partial charge in [0.2, 0.25) is 11.7 Å². The Hall–Kier alpha value is -2.36. The lowest BCUT2D eigenvalue weighted by atomic mass is 10.00. The summed E-state index contributed by atoms with van der Waals surface area (Å²) in [5.74, 6) is -2.75. The fourth-order valence-corrected chi connectivity index (χ4v) is 2.50. The van der Waals surface area contributed by atoms with E-state index in [2.05, 4.69) is 5.32 Å². The molecule has 6 nitrogen and oxygen atoms in total. The number of fused-ring (bicyclic) bond motifs is 1. The van der Waals surface area contributed by atoms with Gasteiger partial charge < -0.3 is 14.5 Å². The van der Waals surface area contributed by atoms with Gasteiger partial charge in [-0.05, 0) is 31.5 Å². The number of aryl methyl sites for hydroxylation is 1. The van der Waals surface area contributed by atoms with Crippen molar-refractivity contribution in [2.45, 2.75) is 13.3 Å². The summed E-state index contributed by atoms with van der Waals surface area (Å²) in [5, 5.41) is 13.0. The molecule has 1 heterocycles. The second-order valence-corrected chi connectivity index (χ2v) is 5.70. The maximum absolute atomic E-state index is 12.5. The van der Waals surface area contributed by atoms with Crippen molar-refractivity contribution in [2.24, 2.45) is 5.92 Å². The lowest BCUT2D eigenvalue weighted by Crippen LogP contribution is -2.35. The van der Waals surface area contributed by atoms with Crippen molar-refractivity contribution in [3.05, 3.63) is 34.5 Å². The Labute approximate surface area is 144 Å². The summed E-state index contributed by atoms with van der Waals surface area (Å²) >= 11 is 5.95. The number of halogens is 1. The molecule has 126 valence electrons. The first kappa shape index (κ1) is 18.0. The lowest BCUT2D eigenvalue weighted by Gasteiger charge is -2.08. The van der Waals surface area contributed by atoms with Crippen LogP contribution in [0.3, 0.4) is 0 Å². The second-order valence-electron chi connectivity index (χ2n) is 5.26. The number of furan rings is 1. The van der Waals surface area contributed by atoms with E-state index in [1.807, 2.05) is 0 Å². The first-order valence-corrected chi connectivity index (χ1v) is 7.76. The molecule has 0 radical (unpaired) electrons. The van der Waals surface area contributed by atoms with Crippen LogP contribution in [0.2, 0.25) is 5.02 Å². The third-order valence-electron chi connectivity index (χ3n) is 3.60. The van der Waals surface area contributed by atoms with Gasteiger partial charge in [0.05, 0.1) is 6.07 Å². The Kier molecular flexibility index (Phi) is 5.96. The van der Waals surface area contributed by atoms with E-state index < -0.39 is 17.6 Å². The number of carbonyl (C=O) groups is 2. The molecule has 1 aromatic heterocycles. The molecule has 0 unspecified atom stereocenters. The van der Waals surface area contributed by atoms with E-state index >= 15 is 0 Å². The van der Waals surface area contributed by atoms with Gasteiger partial charge in [0.25, 0.3) is 0 Å². The van der Waals surface area contributed by atoms with Crippen LogP contribution < -0.4 is 5.32 Å². The molecule has 1 atom stereocenters. The van der Waals surface area contributed by atoms with Crippen LogP contribution in [-0.2, 0) is 9.53 Å². The average Bonchev–Trinajstić information content (AvgIpc) is 2.89. The van der Waals surface area contributed by atoms with Crippen molar-refractivity contribution in [1.82, 2.24) is 5.32 Å². The van der Waals surface area contributed by atoms with Crippen LogP contribution in [0.15, 0.2) is 22.6 Å². The molecule has 0 aliphatic carbocycles. The minimum atomic E-state index is -1.46. The predicted octanol–water partition coefficient (Wildman–Crippen LogP) is 2.87. The van der Waals surface area contributed by atoms with Crippen molar-refractivity contribution in [3.63, 3.8) is 0 Å². The smallest absolute Gasteiger partial charge is 0.245 e. The molecule has 0 saturated carbocycles. The monoisotopic (exact) mass is 348 g/mol. The number of rotatable bonds is 7. The van der Waals surface area contributed by atoms with E-state index in [9.17, 15) is 14.9 Å². The maximum Gasteiger partial charge on any atom is 0.245 e. The topological polar surface area (TPSA) is 92.3 Å². The van der Waals surface area contributed by atoms with Crippen LogP contribution in [0.5, 0.6) is 0 Å². The molecule has 0 bridgehead atoms. The Morgan fingerprint density at radius 2 is 2.21 bits per heavy atom. The number of ketones is 1. The molecule has 2 aromatic rings. The van der Waals surface area contributed by atoms with Gasteiger partial charge in [0.1, 0.15) is 5.58 Å². The molecule has 24 heavy (non-hydrogen) atoms. The van der Waals surface area contributed by atoms with E-state index in [0.717, 1.165) is 0 Å². The molecule has 7 heteroatoms. The molecule has 1 N–H and O–H groups in total. The zero-order valence-corrected chi connectivity index (χ0v) is 14.1. The second kappa shape index (κ2) is 7.95. The number of carbonyl (C=O) groups excluding carboxylic acids is 2.